The Morgan fingerprint density at radius 2 is 1.54 bits per heavy atom. The number of halogens is 3. The van der Waals surface area contributed by atoms with Crippen molar-refractivity contribution in [2.75, 3.05) is 0 Å². The van der Waals surface area contributed by atoms with Crippen LogP contribution < -0.4 is 10.9 Å². The molecular weight excluding hydrogens is 354 g/mol. The van der Waals surface area contributed by atoms with Gasteiger partial charge in [-0.25, -0.2) is 0 Å². The number of hydrogen-bond acceptors (Lipinski definition) is 0. The summed E-state index contributed by atoms with van der Waals surface area (Å²) in [5, 5.41) is 0. The van der Waals surface area contributed by atoms with E-state index in [1.165, 1.54) is 0 Å². The smallest absolute Gasteiger partial charge is 0.166 e. The van der Waals surface area contributed by atoms with Crippen LogP contribution in [0, 0.1) is 5.41 Å². The molecule has 0 aliphatic heterocycles. The monoisotopic (exact) mass is 386 g/mol. The molecular formula is C22H32B3F3. The van der Waals surface area contributed by atoms with E-state index in [9.17, 15) is 13.2 Å². The molecule has 28 heavy (non-hydrogen) atoms. The minimum atomic E-state index is -4.56. The predicted octanol–water partition coefficient (Wildman–Crippen LogP) is 5.19. The van der Waals surface area contributed by atoms with E-state index in [2.05, 4.69) is 27.7 Å². The SMILES string of the molecule is [B]c1cc(C(F)(F)F)c([B])c(C(C)(C)CCCC)c1C([B])C(C)(CC)CCC. The highest BCUT2D eigenvalue weighted by molar-refractivity contribution is 6.39. The highest BCUT2D eigenvalue weighted by Crippen LogP contribution is 2.44. The molecule has 1 aromatic carbocycles. The number of rotatable bonds is 9. The summed E-state index contributed by atoms with van der Waals surface area (Å²) in [7, 11) is 19.1. The van der Waals surface area contributed by atoms with Crippen LogP contribution in [0.25, 0.3) is 0 Å². The standard InChI is InChI=1S/C22H32B3F3/c1-7-10-12-20(4,5)17-16(19(25)21(6,9-3)11-8-2)15(23)13-14(18(17)24)22(26,27)28/h13,19H,7-12H2,1-6H3. The Labute approximate surface area is 173 Å². The molecule has 0 aromatic heterocycles. The van der Waals surface area contributed by atoms with Gasteiger partial charge in [-0.15, -0.1) is 0 Å². The summed E-state index contributed by atoms with van der Waals surface area (Å²) in [5.41, 5.74) is -0.795. The minimum absolute atomic E-state index is 0.0874. The third-order valence-electron chi connectivity index (χ3n) is 6.27. The number of unbranched alkanes of at least 4 members (excludes halogenated alkanes) is 1. The van der Waals surface area contributed by atoms with E-state index in [1.807, 2.05) is 13.8 Å². The minimum Gasteiger partial charge on any atom is -0.166 e. The van der Waals surface area contributed by atoms with Crippen LogP contribution in [0.5, 0.6) is 0 Å². The lowest BCUT2D eigenvalue weighted by molar-refractivity contribution is -0.136. The summed E-state index contributed by atoms with van der Waals surface area (Å²) in [6.45, 7) is 12.2. The van der Waals surface area contributed by atoms with Gasteiger partial charge in [-0.2, -0.15) is 13.2 Å². The van der Waals surface area contributed by atoms with Crippen LogP contribution in [0.4, 0.5) is 13.2 Å². The van der Waals surface area contributed by atoms with E-state index in [0.29, 0.717) is 17.5 Å². The van der Waals surface area contributed by atoms with Gasteiger partial charge in [0.15, 0.2) is 0 Å². The van der Waals surface area contributed by atoms with Gasteiger partial charge in [0.1, 0.15) is 15.7 Å². The summed E-state index contributed by atoms with van der Waals surface area (Å²) in [5.74, 6) is -0.488. The molecule has 0 saturated carbocycles. The molecule has 0 saturated heterocycles. The molecule has 0 nitrogen and oxygen atoms in total. The van der Waals surface area contributed by atoms with E-state index in [0.717, 1.165) is 38.2 Å². The molecule has 6 radical (unpaired) electrons. The van der Waals surface area contributed by atoms with Gasteiger partial charge in [0, 0.05) is 5.56 Å². The number of benzene rings is 1. The van der Waals surface area contributed by atoms with E-state index < -0.39 is 23.0 Å². The highest BCUT2D eigenvalue weighted by Gasteiger charge is 2.39. The second-order valence-corrected chi connectivity index (χ2v) is 8.94. The predicted molar refractivity (Wildman–Crippen MR) is 117 cm³/mol. The molecule has 0 amide bonds. The van der Waals surface area contributed by atoms with Gasteiger partial charge in [-0.3, -0.25) is 0 Å². The molecule has 6 heteroatoms. The van der Waals surface area contributed by atoms with Gasteiger partial charge in [0.2, 0.25) is 0 Å². The average Bonchev–Trinajstić information content (AvgIpc) is 2.59. The van der Waals surface area contributed by atoms with Crippen LogP contribution in [-0.4, -0.2) is 23.5 Å². The van der Waals surface area contributed by atoms with Crippen LogP contribution in [0.15, 0.2) is 6.07 Å². The Morgan fingerprint density at radius 1 is 0.964 bits per heavy atom. The summed E-state index contributed by atoms with van der Waals surface area (Å²) >= 11 is 0. The summed E-state index contributed by atoms with van der Waals surface area (Å²) < 4.78 is 40.9. The molecule has 2 unspecified atom stereocenters. The van der Waals surface area contributed by atoms with E-state index in [-0.39, 0.29) is 16.3 Å². The molecule has 0 N–H and O–H groups in total. The van der Waals surface area contributed by atoms with Crippen molar-refractivity contribution in [3.8, 4) is 0 Å². The third-order valence-corrected chi connectivity index (χ3v) is 6.27. The van der Waals surface area contributed by atoms with Crippen LogP contribution in [0.2, 0.25) is 0 Å². The second-order valence-electron chi connectivity index (χ2n) is 8.94. The first-order valence-electron chi connectivity index (χ1n) is 10.3. The normalized spacial score (nSPS) is 16.0. The summed E-state index contributed by atoms with van der Waals surface area (Å²) in [6, 6.07) is 0.964. The van der Waals surface area contributed by atoms with E-state index in [4.69, 9.17) is 23.5 Å². The fourth-order valence-corrected chi connectivity index (χ4v) is 4.25. The molecule has 0 fully saturated rings. The van der Waals surface area contributed by atoms with Crippen molar-refractivity contribution >= 4 is 34.5 Å². The lowest BCUT2D eigenvalue weighted by Gasteiger charge is -2.42. The molecule has 150 valence electrons. The van der Waals surface area contributed by atoms with Crippen molar-refractivity contribution in [3.05, 3.63) is 22.8 Å². The molecule has 0 heterocycles. The lowest BCUT2D eigenvalue weighted by Crippen LogP contribution is -2.41. The number of alkyl halides is 3. The fourth-order valence-electron chi connectivity index (χ4n) is 4.25. The zero-order valence-corrected chi connectivity index (χ0v) is 18.3. The molecule has 0 bridgehead atoms. The maximum Gasteiger partial charge on any atom is 0.415 e. The van der Waals surface area contributed by atoms with Gasteiger partial charge in [0.05, 0.1) is 7.85 Å². The Balaban J connectivity index is 3.83. The Kier molecular flexibility index (Phi) is 8.43. The number of hydrogen-bond donors (Lipinski definition) is 0. The lowest BCUT2D eigenvalue weighted by atomic mass is 9.54. The van der Waals surface area contributed by atoms with Crippen molar-refractivity contribution in [3.63, 3.8) is 0 Å². The second kappa shape index (κ2) is 9.35. The maximum absolute atomic E-state index is 13.6. The summed E-state index contributed by atoms with van der Waals surface area (Å²) in [4.78, 5) is 0. The van der Waals surface area contributed by atoms with E-state index >= 15 is 0 Å². The zero-order valence-electron chi connectivity index (χ0n) is 18.3. The van der Waals surface area contributed by atoms with Gasteiger partial charge < -0.3 is 0 Å². The highest BCUT2D eigenvalue weighted by atomic mass is 19.4. The van der Waals surface area contributed by atoms with Crippen LogP contribution in [-0.2, 0) is 11.6 Å². The summed E-state index contributed by atoms with van der Waals surface area (Å²) in [6.07, 6.45) is 0.581. The Bertz CT molecular complexity index is 668. The van der Waals surface area contributed by atoms with Crippen molar-refractivity contribution in [2.24, 2.45) is 5.41 Å². The van der Waals surface area contributed by atoms with Crippen molar-refractivity contribution in [1.29, 1.82) is 0 Å². The van der Waals surface area contributed by atoms with Gasteiger partial charge in [0.25, 0.3) is 0 Å². The van der Waals surface area contributed by atoms with Gasteiger partial charge in [-0.1, -0.05) is 89.8 Å². The first-order chi connectivity index (χ1) is 12.8. The van der Waals surface area contributed by atoms with Crippen LogP contribution in [0.3, 0.4) is 0 Å². The molecule has 0 aliphatic carbocycles. The third kappa shape index (κ3) is 5.22. The topological polar surface area (TPSA) is 0 Å². The first-order valence-corrected chi connectivity index (χ1v) is 10.3. The van der Waals surface area contributed by atoms with Gasteiger partial charge in [-0.05, 0) is 35.1 Å². The first kappa shape index (κ1) is 25.2. The van der Waals surface area contributed by atoms with Crippen molar-refractivity contribution in [2.45, 2.75) is 97.5 Å². The Hall–Kier alpha value is -0.795. The largest absolute Gasteiger partial charge is 0.415 e. The fraction of sp³-hybridized carbons (Fsp3) is 0.727. The molecule has 2 atom stereocenters. The zero-order chi connectivity index (χ0) is 21.9. The maximum atomic E-state index is 13.6. The van der Waals surface area contributed by atoms with E-state index in [1.54, 1.807) is 0 Å². The quantitative estimate of drug-likeness (QED) is 0.513. The van der Waals surface area contributed by atoms with Crippen LogP contribution >= 0.6 is 0 Å². The van der Waals surface area contributed by atoms with Crippen molar-refractivity contribution in [1.82, 2.24) is 0 Å². The van der Waals surface area contributed by atoms with Crippen LogP contribution in [0.1, 0.15) is 103 Å². The Morgan fingerprint density at radius 3 is 1.96 bits per heavy atom. The molecule has 0 spiro atoms. The molecule has 0 aliphatic rings. The molecule has 1 rings (SSSR count). The average molecular weight is 386 g/mol. The molecule has 1 aromatic rings. The van der Waals surface area contributed by atoms with Gasteiger partial charge >= 0.3 is 6.18 Å². The van der Waals surface area contributed by atoms with Crippen molar-refractivity contribution < 1.29 is 13.2 Å².